The Labute approximate surface area is 136 Å². The Kier molecular flexibility index (Phi) is 4.93. The monoisotopic (exact) mass is 310 g/mol. The molecule has 120 valence electrons. The number of fused-ring (bicyclic) bond motifs is 1. The minimum Gasteiger partial charge on any atom is -0.497 e. The molecule has 0 aliphatic carbocycles. The van der Waals surface area contributed by atoms with E-state index in [1.54, 1.807) is 7.11 Å². The first-order valence-electron chi connectivity index (χ1n) is 8.01. The van der Waals surface area contributed by atoms with Crippen LogP contribution in [-0.4, -0.2) is 25.6 Å². The number of amides is 1. The second kappa shape index (κ2) is 7.29. The van der Waals surface area contributed by atoms with Gasteiger partial charge < -0.3 is 15.4 Å². The van der Waals surface area contributed by atoms with E-state index in [0.717, 1.165) is 37.2 Å². The second-order valence-corrected chi connectivity index (χ2v) is 5.79. The maximum atomic E-state index is 12.3. The fraction of sp³-hybridized carbons (Fsp3) is 0.316. The molecule has 23 heavy (non-hydrogen) atoms. The van der Waals surface area contributed by atoms with Gasteiger partial charge in [0, 0.05) is 5.69 Å². The molecule has 1 atom stereocenters. The molecule has 0 spiro atoms. The standard InChI is InChI=1S/C19H22N2O2/c1-23-16-9-6-14(7-10-16)12-13-20-18-11-8-15-4-2-3-5-17(15)21-19(18)22/h2-7,9-10,18,20H,8,11-13H2,1H3,(H,21,22)/t18-/m0/s1. The van der Waals surface area contributed by atoms with Gasteiger partial charge in [-0.05, 0) is 55.1 Å². The number of hydrogen-bond donors (Lipinski definition) is 2. The number of para-hydroxylation sites is 1. The van der Waals surface area contributed by atoms with Crippen LogP contribution in [0.3, 0.4) is 0 Å². The van der Waals surface area contributed by atoms with E-state index in [-0.39, 0.29) is 11.9 Å². The first kappa shape index (κ1) is 15.6. The van der Waals surface area contributed by atoms with Crippen LogP contribution >= 0.6 is 0 Å². The molecular weight excluding hydrogens is 288 g/mol. The summed E-state index contributed by atoms with van der Waals surface area (Å²) in [5.41, 5.74) is 3.38. The number of hydrogen-bond acceptors (Lipinski definition) is 3. The molecule has 2 aromatic carbocycles. The van der Waals surface area contributed by atoms with Gasteiger partial charge in [0.05, 0.1) is 13.2 Å². The number of methoxy groups -OCH3 is 1. The Morgan fingerprint density at radius 1 is 1.17 bits per heavy atom. The lowest BCUT2D eigenvalue weighted by Gasteiger charge is -2.15. The lowest BCUT2D eigenvalue weighted by Crippen LogP contribution is -2.40. The molecule has 2 aromatic rings. The number of carbonyl (C=O) groups excluding carboxylic acids is 1. The Bertz CT molecular complexity index is 667. The van der Waals surface area contributed by atoms with Gasteiger partial charge >= 0.3 is 0 Å². The van der Waals surface area contributed by atoms with Crippen molar-refractivity contribution in [1.82, 2.24) is 5.32 Å². The first-order valence-corrected chi connectivity index (χ1v) is 8.01. The second-order valence-electron chi connectivity index (χ2n) is 5.79. The van der Waals surface area contributed by atoms with Gasteiger partial charge in [0.1, 0.15) is 5.75 Å². The molecule has 1 aliphatic heterocycles. The van der Waals surface area contributed by atoms with E-state index in [9.17, 15) is 4.79 Å². The molecule has 2 N–H and O–H groups in total. The minimum atomic E-state index is -0.138. The molecular formula is C19H22N2O2. The topological polar surface area (TPSA) is 50.4 Å². The summed E-state index contributed by atoms with van der Waals surface area (Å²) < 4.78 is 5.16. The van der Waals surface area contributed by atoms with Gasteiger partial charge in [-0.3, -0.25) is 4.79 Å². The van der Waals surface area contributed by atoms with Crippen molar-refractivity contribution in [3.05, 3.63) is 59.7 Å². The molecule has 1 heterocycles. The van der Waals surface area contributed by atoms with Crippen molar-refractivity contribution in [2.75, 3.05) is 19.0 Å². The summed E-state index contributed by atoms with van der Waals surface area (Å²) in [6.07, 6.45) is 2.63. The average molecular weight is 310 g/mol. The normalized spacial score (nSPS) is 17.1. The zero-order chi connectivity index (χ0) is 16.1. The van der Waals surface area contributed by atoms with Gasteiger partial charge in [0.2, 0.25) is 5.91 Å². The van der Waals surface area contributed by atoms with Gasteiger partial charge in [0.15, 0.2) is 0 Å². The highest BCUT2D eigenvalue weighted by atomic mass is 16.5. The average Bonchev–Trinajstić information content (AvgIpc) is 2.74. The van der Waals surface area contributed by atoms with Crippen LogP contribution < -0.4 is 15.4 Å². The molecule has 0 saturated carbocycles. The van der Waals surface area contributed by atoms with Crippen LogP contribution in [-0.2, 0) is 17.6 Å². The van der Waals surface area contributed by atoms with Gasteiger partial charge in [-0.2, -0.15) is 0 Å². The Balaban J connectivity index is 1.53. The van der Waals surface area contributed by atoms with Gasteiger partial charge in [-0.1, -0.05) is 30.3 Å². The summed E-state index contributed by atoms with van der Waals surface area (Å²) in [5, 5.41) is 6.40. The van der Waals surface area contributed by atoms with Crippen molar-refractivity contribution in [3.63, 3.8) is 0 Å². The number of carbonyl (C=O) groups is 1. The number of rotatable bonds is 5. The summed E-state index contributed by atoms with van der Waals surface area (Å²) in [6.45, 7) is 0.779. The molecule has 0 aromatic heterocycles. The maximum Gasteiger partial charge on any atom is 0.241 e. The van der Waals surface area contributed by atoms with Gasteiger partial charge in [-0.15, -0.1) is 0 Å². The Morgan fingerprint density at radius 2 is 1.96 bits per heavy atom. The fourth-order valence-electron chi connectivity index (χ4n) is 2.89. The number of anilines is 1. The lowest BCUT2D eigenvalue weighted by molar-refractivity contribution is -0.118. The summed E-state index contributed by atoms with van der Waals surface area (Å²) in [6, 6.07) is 15.9. The van der Waals surface area contributed by atoms with E-state index in [2.05, 4.69) is 28.8 Å². The van der Waals surface area contributed by atoms with Crippen molar-refractivity contribution in [2.45, 2.75) is 25.3 Å². The van der Waals surface area contributed by atoms with Crippen LogP contribution in [0.25, 0.3) is 0 Å². The third-order valence-electron chi connectivity index (χ3n) is 4.26. The van der Waals surface area contributed by atoms with E-state index < -0.39 is 0 Å². The van der Waals surface area contributed by atoms with Crippen LogP contribution in [0.15, 0.2) is 48.5 Å². The molecule has 0 fully saturated rings. The van der Waals surface area contributed by atoms with Gasteiger partial charge in [-0.25, -0.2) is 0 Å². The summed E-state index contributed by atoms with van der Waals surface area (Å²) in [7, 11) is 1.67. The maximum absolute atomic E-state index is 12.3. The van der Waals surface area contributed by atoms with E-state index in [0.29, 0.717) is 0 Å². The van der Waals surface area contributed by atoms with E-state index in [1.165, 1.54) is 11.1 Å². The van der Waals surface area contributed by atoms with Gasteiger partial charge in [0.25, 0.3) is 0 Å². The SMILES string of the molecule is COc1ccc(CCN[C@H]2CCc3ccccc3NC2=O)cc1. The van der Waals surface area contributed by atoms with Crippen LogP contribution in [0.2, 0.25) is 0 Å². The predicted octanol–water partition coefficient (Wildman–Crippen LogP) is 2.78. The fourth-order valence-corrected chi connectivity index (χ4v) is 2.89. The highest BCUT2D eigenvalue weighted by molar-refractivity contribution is 5.96. The number of aryl methyl sites for hydroxylation is 1. The summed E-state index contributed by atoms with van der Waals surface area (Å²) in [5.74, 6) is 0.923. The number of ether oxygens (including phenoxy) is 1. The Hall–Kier alpha value is -2.33. The van der Waals surface area contributed by atoms with Crippen molar-refractivity contribution in [3.8, 4) is 5.75 Å². The number of nitrogens with one attached hydrogen (secondary N) is 2. The van der Waals surface area contributed by atoms with Crippen LogP contribution in [0.1, 0.15) is 17.5 Å². The first-order chi connectivity index (χ1) is 11.3. The third kappa shape index (κ3) is 3.90. The smallest absolute Gasteiger partial charge is 0.241 e. The number of benzene rings is 2. The molecule has 4 nitrogen and oxygen atoms in total. The van der Waals surface area contributed by atoms with Crippen molar-refractivity contribution in [1.29, 1.82) is 0 Å². The Morgan fingerprint density at radius 3 is 2.74 bits per heavy atom. The molecule has 0 unspecified atom stereocenters. The van der Waals surface area contributed by atoms with Crippen molar-refractivity contribution < 1.29 is 9.53 Å². The van der Waals surface area contributed by atoms with Crippen LogP contribution in [0, 0.1) is 0 Å². The van der Waals surface area contributed by atoms with Crippen LogP contribution in [0.4, 0.5) is 5.69 Å². The molecule has 0 radical (unpaired) electrons. The summed E-state index contributed by atoms with van der Waals surface area (Å²) in [4.78, 5) is 12.3. The van der Waals surface area contributed by atoms with E-state index in [1.807, 2.05) is 30.3 Å². The third-order valence-corrected chi connectivity index (χ3v) is 4.26. The highest BCUT2D eigenvalue weighted by Crippen LogP contribution is 2.21. The zero-order valence-corrected chi connectivity index (χ0v) is 13.3. The molecule has 3 rings (SSSR count). The van der Waals surface area contributed by atoms with Crippen molar-refractivity contribution >= 4 is 11.6 Å². The lowest BCUT2D eigenvalue weighted by atomic mass is 10.1. The zero-order valence-electron chi connectivity index (χ0n) is 13.3. The summed E-state index contributed by atoms with van der Waals surface area (Å²) >= 11 is 0. The molecule has 4 heteroatoms. The highest BCUT2D eigenvalue weighted by Gasteiger charge is 2.22. The molecule has 0 saturated heterocycles. The predicted molar refractivity (Wildman–Crippen MR) is 91.9 cm³/mol. The molecule has 1 amide bonds. The molecule has 1 aliphatic rings. The van der Waals surface area contributed by atoms with Crippen molar-refractivity contribution in [2.24, 2.45) is 0 Å². The van der Waals surface area contributed by atoms with Crippen LogP contribution in [0.5, 0.6) is 5.75 Å². The van der Waals surface area contributed by atoms with E-state index in [4.69, 9.17) is 4.74 Å². The largest absolute Gasteiger partial charge is 0.497 e. The quantitative estimate of drug-likeness (QED) is 0.893. The minimum absolute atomic E-state index is 0.0599. The molecule has 0 bridgehead atoms. The van der Waals surface area contributed by atoms with E-state index >= 15 is 0 Å².